The molecule has 0 radical (unpaired) electrons. The topological polar surface area (TPSA) is 92.6 Å². The maximum Gasteiger partial charge on any atom is 0.269 e. The molecule has 0 aromatic heterocycles. The summed E-state index contributed by atoms with van der Waals surface area (Å²) in [5, 5.41) is 14.0. The van der Waals surface area contributed by atoms with E-state index < -0.39 is 4.92 Å². The first-order valence-corrected chi connectivity index (χ1v) is 6.89. The van der Waals surface area contributed by atoms with Gasteiger partial charge in [-0.3, -0.25) is 24.6 Å². The maximum atomic E-state index is 12.0. The van der Waals surface area contributed by atoms with Crippen molar-refractivity contribution in [2.24, 2.45) is 11.8 Å². The molecule has 1 saturated heterocycles. The number of nitrogens with zero attached hydrogens (tertiary/aromatic N) is 2. The molecule has 2 aliphatic rings. The summed E-state index contributed by atoms with van der Waals surface area (Å²) in [7, 11) is 0. The van der Waals surface area contributed by atoms with Crippen LogP contribution in [-0.4, -0.2) is 28.2 Å². The Balaban J connectivity index is 1.89. The number of non-ortho nitro benzene ring substituents is 1. The Hall–Kier alpha value is -2.44. The number of nitro benzene ring substituents is 1. The van der Waals surface area contributed by atoms with E-state index in [-0.39, 0.29) is 35.9 Å². The molecular formula is C14H15N3O4. The standard InChI is InChI=1S/C14H15N3O4/c1-2-15-12-4-3-9(17(20)21)5-8(12)7-16-13(18)10-6-11(10)14(16)19/h3-5,10-11,15H,2,6-7H2,1H3. The van der Waals surface area contributed by atoms with Crippen molar-refractivity contribution in [3.8, 4) is 0 Å². The molecule has 7 nitrogen and oxygen atoms in total. The van der Waals surface area contributed by atoms with E-state index in [2.05, 4.69) is 5.32 Å². The third-order valence-electron chi connectivity index (χ3n) is 3.95. The van der Waals surface area contributed by atoms with Gasteiger partial charge in [0, 0.05) is 29.9 Å². The van der Waals surface area contributed by atoms with E-state index in [9.17, 15) is 19.7 Å². The lowest BCUT2D eigenvalue weighted by Gasteiger charge is -2.19. The molecule has 110 valence electrons. The van der Waals surface area contributed by atoms with Crippen LogP contribution >= 0.6 is 0 Å². The minimum atomic E-state index is -0.482. The summed E-state index contributed by atoms with van der Waals surface area (Å²) in [6.45, 7) is 2.65. The zero-order valence-electron chi connectivity index (χ0n) is 11.5. The Morgan fingerprint density at radius 3 is 2.57 bits per heavy atom. The predicted molar refractivity (Wildman–Crippen MR) is 74.4 cm³/mol. The number of nitrogens with one attached hydrogen (secondary N) is 1. The van der Waals surface area contributed by atoms with Crippen molar-refractivity contribution in [2.45, 2.75) is 19.9 Å². The molecule has 1 aromatic carbocycles. The van der Waals surface area contributed by atoms with Gasteiger partial charge in [0.25, 0.3) is 5.69 Å². The van der Waals surface area contributed by atoms with Gasteiger partial charge in [-0.1, -0.05) is 0 Å². The van der Waals surface area contributed by atoms with Gasteiger partial charge in [-0.2, -0.15) is 0 Å². The first-order valence-electron chi connectivity index (χ1n) is 6.89. The van der Waals surface area contributed by atoms with Crippen molar-refractivity contribution >= 4 is 23.2 Å². The van der Waals surface area contributed by atoms with E-state index in [0.29, 0.717) is 24.2 Å². The predicted octanol–water partition coefficient (Wildman–Crippen LogP) is 1.53. The highest BCUT2D eigenvalue weighted by atomic mass is 16.6. The fourth-order valence-electron chi connectivity index (χ4n) is 2.76. The average molecular weight is 289 g/mol. The number of rotatable bonds is 5. The molecule has 3 rings (SSSR count). The molecule has 0 bridgehead atoms. The molecule has 1 aliphatic carbocycles. The Morgan fingerprint density at radius 1 is 1.33 bits per heavy atom. The third kappa shape index (κ3) is 2.24. The summed E-state index contributed by atoms with van der Waals surface area (Å²) in [6, 6.07) is 4.44. The summed E-state index contributed by atoms with van der Waals surface area (Å²) >= 11 is 0. The number of benzene rings is 1. The van der Waals surface area contributed by atoms with Crippen molar-refractivity contribution in [1.29, 1.82) is 0 Å². The lowest BCUT2D eigenvalue weighted by Crippen LogP contribution is -2.32. The first-order chi connectivity index (χ1) is 10.0. The van der Waals surface area contributed by atoms with E-state index in [0.717, 1.165) is 0 Å². The number of carbonyl (C=O) groups is 2. The number of fused-ring (bicyclic) bond motifs is 1. The van der Waals surface area contributed by atoms with Crippen molar-refractivity contribution in [1.82, 2.24) is 4.90 Å². The summed E-state index contributed by atoms with van der Waals surface area (Å²) < 4.78 is 0. The largest absolute Gasteiger partial charge is 0.385 e. The lowest BCUT2D eigenvalue weighted by molar-refractivity contribution is -0.384. The van der Waals surface area contributed by atoms with Gasteiger partial charge >= 0.3 is 0 Å². The maximum absolute atomic E-state index is 12.0. The van der Waals surface area contributed by atoms with Crippen LogP contribution in [0.15, 0.2) is 18.2 Å². The van der Waals surface area contributed by atoms with Crippen LogP contribution in [0.5, 0.6) is 0 Å². The van der Waals surface area contributed by atoms with E-state index >= 15 is 0 Å². The van der Waals surface area contributed by atoms with Gasteiger partial charge in [-0.25, -0.2) is 0 Å². The lowest BCUT2D eigenvalue weighted by atomic mass is 10.1. The highest BCUT2D eigenvalue weighted by molar-refractivity contribution is 6.08. The Kier molecular flexibility index (Phi) is 3.12. The SMILES string of the molecule is CCNc1ccc([N+](=O)[O-])cc1CN1C(=O)C2CC2C1=O. The van der Waals surface area contributed by atoms with Crippen molar-refractivity contribution in [3.63, 3.8) is 0 Å². The van der Waals surface area contributed by atoms with Crippen LogP contribution in [0.4, 0.5) is 11.4 Å². The second-order valence-electron chi connectivity index (χ2n) is 5.34. The van der Waals surface area contributed by atoms with Crippen LogP contribution in [0.25, 0.3) is 0 Å². The van der Waals surface area contributed by atoms with Crippen molar-refractivity contribution in [3.05, 3.63) is 33.9 Å². The Bertz CT molecular complexity index is 623. The van der Waals surface area contributed by atoms with Crippen LogP contribution in [-0.2, 0) is 16.1 Å². The third-order valence-corrected chi connectivity index (χ3v) is 3.95. The van der Waals surface area contributed by atoms with Gasteiger partial charge in [0.05, 0.1) is 23.3 Å². The first kappa shape index (κ1) is 13.5. The molecule has 2 atom stereocenters. The molecule has 1 N–H and O–H groups in total. The van der Waals surface area contributed by atoms with E-state index in [1.807, 2.05) is 6.92 Å². The molecule has 2 fully saturated rings. The fraction of sp³-hybridized carbons (Fsp3) is 0.429. The molecule has 1 saturated carbocycles. The van der Waals surface area contributed by atoms with Crippen LogP contribution in [0, 0.1) is 22.0 Å². The molecule has 2 amide bonds. The van der Waals surface area contributed by atoms with Gasteiger partial charge in [0.1, 0.15) is 0 Å². The number of anilines is 1. The average Bonchev–Trinajstić information content (AvgIpc) is 3.21. The van der Waals surface area contributed by atoms with Gasteiger partial charge in [0.2, 0.25) is 11.8 Å². The molecule has 1 heterocycles. The molecule has 2 unspecified atom stereocenters. The minimum Gasteiger partial charge on any atom is -0.385 e. The number of piperidine rings is 1. The highest BCUT2D eigenvalue weighted by Crippen LogP contribution is 2.47. The Labute approximate surface area is 121 Å². The quantitative estimate of drug-likeness (QED) is 0.504. The minimum absolute atomic E-state index is 0.0455. The monoisotopic (exact) mass is 289 g/mol. The summed E-state index contributed by atoms with van der Waals surface area (Å²) in [5.74, 6) is -0.615. The molecule has 0 spiro atoms. The number of amides is 2. The van der Waals surface area contributed by atoms with Crippen LogP contribution in [0.1, 0.15) is 18.9 Å². The van der Waals surface area contributed by atoms with Crippen LogP contribution < -0.4 is 5.32 Å². The van der Waals surface area contributed by atoms with Crippen molar-refractivity contribution < 1.29 is 14.5 Å². The molecule has 7 heteroatoms. The number of nitro groups is 1. The highest BCUT2D eigenvalue weighted by Gasteiger charge is 2.58. The van der Waals surface area contributed by atoms with Gasteiger partial charge in [-0.05, 0) is 19.4 Å². The van der Waals surface area contributed by atoms with Crippen LogP contribution in [0.2, 0.25) is 0 Å². The van der Waals surface area contributed by atoms with E-state index in [1.54, 1.807) is 6.07 Å². The van der Waals surface area contributed by atoms with Gasteiger partial charge in [0.15, 0.2) is 0 Å². The summed E-state index contributed by atoms with van der Waals surface area (Å²) in [5.41, 5.74) is 1.26. The number of likely N-dealkylation sites (tertiary alicyclic amines) is 1. The van der Waals surface area contributed by atoms with Crippen LogP contribution in [0.3, 0.4) is 0 Å². The second kappa shape index (κ2) is 4.83. The summed E-state index contributed by atoms with van der Waals surface area (Å²) in [6.07, 6.45) is 0.656. The number of hydrogen-bond donors (Lipinski definition) is 1. The number of carbonyl (C=O) groups excluding carboxylic acids is 2. The fourth-order valence-corrected chi connectivity index (χ4v) is 2.76. The molecule has 21 heavy (non-hydrogen) atoms. The molecular weight excluding hydrogens is 274 g/mol. The zero-order valence-corrected chi connectivity index (χ0v) is 11.5. The van der Waals surface area contributed by atoms with Crippen molar-refractivity contribution in [2.75, 3.05) is 11.9 Å². The van der Waals surface area contributed by atoms with Gasteiger partial charge < -0.3 is 5.32 Å². The molecule has 1 aliphatic heterocycles. The normalized spacial score (nSPS) is 23.2. The molecule has 1 aromatic rings. The number of hydrogen-bond acceptors (Lipinski definition) is 5. The van der Waals surface area contributed by atoms with E-state index in [4.69, 9.17) is 0 Å². The smallest absolute Gasteiger partial charge is 0.269 e. The summed E-state index contributed by atoms with van der Waals surface area (Å²) in [4.78, 5) is 35.6. The zero-order chi connectivity index (χ0) is 15.1. The Morgan fingerprint density at radius 2 is 2.00 bits per heavy atom. The number of imide groups is 1. The second-order valence-corrected chi connectivity index (χ2v) is 5.34. The van der Waals surface area contributed by atoms with E-state index in [1.165, 1.54) is 17.0 Å². The van der Waals surface area contributed by atoms with Gasteiger partial charge in [-0.15, -0.1) is 0 Å².